The highest BCUT2D eigenvalue weighted by atomic mass is 35.7. The van der Waals surface area contributed by atoms with E-state index in [4.69, 9.17) is 64.2 Å². The zero-order valence-electron chi connectivity index (χ0n) is 65.9. The predicted octanol–water partition coefficient (Wildman–Crippen LogP) is 30.4. The van der Waals surface area contributed by atoms with Crippen molar-refractivity contribution in [2.45, 2.75) is 375 Å². The minimum atomic E-state index is -1.78. The second-order valence-corrected chi connectivity index (χ2v) is 73.9. The standard InChI is InChI=1S/C20H32OSi.C18H30OSi.C14H21ClSi.C12H25ClSi.C10H21ClSi.C9H18Cl2Si/c1-7-8-9-10-11-22(5,6)21-20-16(3)14-18-12-15(2)13-19(18)17(20)4;1-12-9-15-11-13(2)17(14(3)16(15)10-12)19-20(7,8)18(4,5)6;1-16(2,15)11-5-7-13-10-9-12-6-3-4-8-14(12)13;1-14(2,13)11-7-3-4-8-12-9-5-6-10-12;1-12(2,11)9-5-8-10-6-3-4-7-10;1-12(10,11)8-4-7-9-5-2-3-6-9/h7,14-15H,1,8-13H2,2-6H3;11-12H,9-10H2,1-8H3;3-4,6,8,13H,5,7,9-11H2,1-2H3;12H,3-11H2,1-2H3;10H,3-9H2,1-2H3;9H,2-8H2,1H3. The second-order valence-electron chi connectivity index (χ2n) is 35.7. The number of hydrogen-bond donors (Lipinski definition) is 0. The van der Waals surface area contributed by atoms with E-state index in [0.29, 0.717) is 0 Å². The fourth-order valence-corrected chi connectivity index (χ4v) is 25.1. The molecule has 2 nitrogen and oxygen atoms in total. The van der Waals surface area contributed by atoms with Crippen molar-refractivity contribution in [3.8, 4) is 11.5 Å². The third-order valence-corrected chi connectivity index (χ3v) is 37.9. The third kappa shape index (κ3) is 34.6. The Bertz CT molecular complexity index is 2680. The zero-order chi connectivity index (χ0) is 71.7. The second kappa shape index (κ2) is 42.0. The first-order valence-corrected chi connectivity index (χ1v) is 62.8. The van der Waals surface area contributed by atoms with E-state index in [1.165, 1.54) is 251 Å². The van der Waals surface area contributed by atoms with Crippen LogP contribution < -0.4 is 8.85 Å². The van der Waals surface area contributed by atoms with Gasteiger partial charge in [-0.05, 0) is 245 Å². The number of halogens is 5. The Morgan fingerprint density at radius 1 is 0.469 bits per heavy atom. The van der Waals surface area contributed by atoms with E-state index in [-0.39, 0.29) is 5.04 Å². The number of unbranched alkanes of at least 4 members (excludes halogenated alkanes) is 4. The number of allylic oxidation sites excluding steroid dienone is 1. The van der Waals surface area contributed by atoms with Crippen molar-refractivity contribution in [2.24, 2.45) is 29.6 Å². The minimum Gasteiger partial charge on any atom is -0.544 e. The van der Waals surface area contributed by atoms with Gasteiger partial charge in [0.2, 0.25) is 15.0 Å². The molecular formula is C83H147Cl5O2Si6. The van der Waals surface area contributed by atoms with Crippen LogP contribution in [0.5, 0.6) is 11.5 Å². The Hall–Kier alpha value is -0.249. The van der Waals surface area contributed by atoms with Crippen LogP contribution in [0, 0.1) is 57.3 Å². The maximum atomic E-state index is 6.63. The lowest BCUT2D eigenvalue weighted by Gasteiger charge is -2.37. The molecule has 3 unspecified atom stereocenters. The van der Waals surface area contributed by atoms with Crippen LogP contribution in [0.25, 0.3) is 0 Å². The highest BCUT2D eigenvalue weighted by Crippen LogP contribution is 2.44. The van der Waals surface area contributed by atoms with Crippen LogP contribution in [-0.4, -0.2) is 45.5 Å². The SMILES string of the molecule is C=CCCCC[Si](C)(C)Oc1c(C)cc2c(c1C)CC(C)C2.C[Si](C)(Cl)CCCC1CCCC1.C[Si](C)(Cl)CCCC1CCc2ccccc21.C[Si](C)(Cl)CCCCCC1CCCC1.C[Si](Cl)(Cl)CCCC1CCCC1.Cc1cc2c(c(C)c1O[Si](C)(C)C(C)(C)C)CC(C)C2. The lowest BCUT2D eigenvalue weighted by Crippen LogP contribution is -2.44. The molecule has 0 heterocycles. The molecule has 0 aromatic heterocycles. The zero-order valence-corrected chi connectivity index (χ0v) is 75.7. The number of rotatable bonds is 27. The number of aryl methyl sites for hydroxylation is 3. The van der Waals surface area contributed by atoms with Gasteiger partial charge in [0.1, 0.15) is 33.6 Å². The van der Waals surface area contributed by atoms with Gasteiger partial charge in [-0.3, -0.25) is 0 Å². The molecule has 0 bridgehead atoms. The van der Waals surface area contributed by atoms with Crippen LogP contribution in [0.3, 0.4) is 0 Å². The smallest absolute Gasteiger partial charge is 0.250 e. The molecule has 6 aliphatic rings. The Balaban J connectivity index is 0.000000249. The molecule has 0 aliphatic heterocycles. The Morgan fingerprint density at radius 2 is 0.875 bits per heavy atom. The summed E-state index contributed by atoms with van der Waals surface area (Å²) in [5, 5.41) is 0.248. The molecule has 0 amide bonds. The lowest BCUT2D eigenvalue weighted by atomic mass is 9.97. The summed E-state index contributed by atoms with van der Waals surface area (Å²) in [4.78, 5) is 0. The van der Waals surface area contributed by atoms with E-state index in [9.17, 15) is 0 Å². The molecule has 3 aromatic rings. The third-order valence-electron chi connectivity index (χ3n) is 22.6. The van der Waals surface area contributed by atoms with Gasteiger partial charge in [0.15, 0.2) is 0 Å². The molecule has 0 radical (unpaired) electrons. The number of hydrogen-bond acceptors (Lipinski definition) is 2. The van der Waals surface area contributed by atoms with Gasteiger partial charge in [0.25, 0.3) is 8.32 Å². The Morgan fingerprint density at radius 3 is 1.31 bits per heavy atom. The molecule has 0 N–H and O–H groups in total. The monoisotopic (exact) mass is 1520 g/mol. The average Bonchev–Trinajstić information content (AvgIpc) is 1.11. The first-order chi connectivity index (χ1) is 44.7. The molecule has 9 rings (SSSR count). The van der Waals surface area contributed by atoms with Gasteiger partial charge in [0, 0.05) is 0 Å². The summed E-state index contributed by atoms with van der Waals surface area (Å²) in [6.07, 6.45) is 44.7. The summed E-state index contributed by atoms with van der Waals surface area (Å²) in [6, 6.07) is 19.9. The van der Waals surface area contributed by atoms with Crippen LogP contribution >= 0.6 is 55.4 Å². The summed E-state index contributed by atoms with van der Waals surface area (Å²) >= 11 is 30.9. The normalized spacial score (nSPS) is 19.1. The molecule has 0 saturated heterocycles. The van der Waals surface area contributed by atoms with E-state index in [1.807, 2.05) is 12.6 Å². The van der Waals surface area contributed by atoms with Crippen molar-refractivity contribution in [2.75, 3.05) is 0 Å². The topological polar surface area (TPSA) is 18.5 Å². The van der Waals surface area contributed by atoms with E-state index >= 15 is 0 Å². The van der Waals surface area contributed by atoms with Crippen molar-refractivity contribution < 1.29 is 8.85 Å². The first-order valence-electron chi connectivity index (χ1n) is 39.4. The highest BCUT2D eigenvalue weighted by molar-refractivity contribution is 7.44. The Labute approximate surface area is 624 Å². The van der Waals surface area contributed by atoms with Gasteiger partial charge in [0.05, 0.1) is 0 Å². The van der Waals surface area contributed by atoms with E-state index in [0.717, 1.165) is 48.0 Å². The van der Waals surface area contributed by atoms with E-state index in [1.54, 1.807) is 33.4 Å². The Kier molecular flexibility index (Phi) is 38.6. The van der Waals surface area contributed by atoms with E-state index in [2.05, 4.69) is 171 Å². The van der Waals surface area contributed by atoms with Crippen LogP contribution in [0.2, 0.25) is 107 Å². The van der Waals surface area contributed by atoms with Crippen LogP contribution in [0.4, 0.5) is 0 Å². The summed E-state index contributed by atoms with van der Waals surface area (Å²) in [5.41, 5.74) is 14.9. The average molecular weight is 1520 g/mol. The van der Waals surface area contributed by atoms with Crippen molar-refractivity contribution >= 4 is 101 Å². The van der Waals surface area contributed by atoms with Gasteiger partial charge in [-0.1, -0.05) is 258 Å². The quantitative estimate of drug-likeness (QED) is 0.0328. The molecule has 96 heavy (non-hydrogen) atoms. The minimum absolute atomic E-state index is 0.248. The summed E-state index contributed by atoms with van der Waals surface area (Å²) in [6.45, 7) is 47.5. The maximum absolute atomic E-state index is 6.63. The molecular weight excluding hydrogens is 1370 g/mol. The van der Waals surface area contributed by atoms with Crippen LogP contribution in [0.1, 0.15) is 263 Å². The van der Waals surface area contributed by atoms with Gasteiger partial charge in [-0.25, -0.2) is 0 Å². The molecule has 3 atom stereocenters. The van der Waals surface area contributed by atoms with E-state index < -0.39 is 45.5 Å². The number of fused-ring (bicyclic) bond motifs is 3. The highest BCUT2D eigenvalue weighted by Gasteiger charge is 2.40. The van der Waals surface area contributed by atoms with Gasteiger partial charge in [-0.2, -0.15) is 33.2 Å². The predicted molar refractivity (Wildman–Crippen MR) is 452 cm³/mol. The summed E-state index contributed by atoms with van der Waals surface area (Å²) in [5.74, 6) is 7.87. The molecule has 550 valence electrons. The lowest BCUT2D eigenvalue weighted by molar-refractivity contribution is 0.471. The van der Waals surface area contributed by atoms with Gasteiger partial charge < -0.3 is 8.85 Å². The van der Waals surface area contributed by atoms with Gasteiger partial charge in [-0.15, -0.1) is 28.7 Å². The van der Waals surface area contributed by atoms with Gasteiger partial charge >= 0.3 is 0 Å². The van der Waals surface area contributed by atoms with Crippen molar-refractivity contribution in [1.82, 2.24) is 0 Å². The first kappa shape index (κ1) is 88.2. The number of benzene rings is 3. The van der Waals surface area contributed by atoms with Crippen LogP contribution in [-0.2, 0) is 32.1 Å². The fourth-order valence-electron chi connectivity index (χ4n) is 15.9. The van der Waals surface area contributed by atoms with Crippen molar-refractivity contribution in [3.63, 3.8) is 0 Å². The molecule has 3 fully saturated rings. The van der Waals surface area contributed by atoms with Crippen LogP contribution in [0.15, 0.2) is 49.1 Å². The largest absolute Gasteiger partial charge is 0.544 e. The fraction of sp³-hybridized carbons (Fsp3) is 0.759. The van der Waals surface area contributed by atoms with Crippen molar-refractivity contribution in [1.29, 1.82) is 0 Å². The molecule has 0 spiro atoms. The van der Waals surface area contributed by atoms with Crippen molar-refractivity contribution in [3.05, 3.63) is 105 Å². The molecule has 3 saturated carbocycles. The molecule has 13 heteroatoms. The summed E-state index contributed by atoms with van der Waals surface area (Å²) < 4.78 is 13.2. The summed E-state index contributed by atoms with van der Waals surface area (Å²) in [7, 11) is -7.27. The molecule has 6 aliphatic carbocycles. The maximum Gasteiger partial charge on any atom is 0.250 e. The molecule has 3 aromatic carbocycles.